The Balaban J connectivity index is 0.000000225. The highest BCUT2D eigenvalue weighted by molar-refractivity contribution is 6.28. The van der Waals surface area contributed by atoms with Gasteiger partial charge in [-0.1, -0.05) is 24.3 Å². The van der Waals surface area contributed by atoms with Crippen molar-refractivity contribution in [2.45, 2.75) is 112 Å². The third kappa shape index (κ3) is 17.1. The molecule has 18 nitrogen and oxygen atoms in total. The molecule has 4 amide bonds. The number of nitrogens with two attached hydrogens (primary N) is 2. The maximum atomic E-state index is 12.4. The van der Waals surface area contributed by atoms with E-state index in [9.17, 15) is 9.59 Å². The highest BCUT2D eigenvalue weighted by Gasteiger charge is 2.35. The van der Waals surface area contributed by atoms with Gasteiger partial charge in [-0.3, -0.25) is 9.67 Å². The van der Waals surface area contributed by atoms with Crippen molar-refractivity contribution in [2.75, 3.05) is 43.8 Å². The van der Waals surface area contributed by atoms with Gasteiger partial charge >= 0.3 is 12.1 Å². The van der Waals surface area contributed by atoms with Gasteiger partial charge in [0.1, 0.15) is 0 Å². The lowest BCUT2D eigenvalue weighted by molar-refractivity contribution is -0.111. The first-order valence-electron chi connectivity index (χ1n) is 23.1. The van der Waals surface area contributed by atoms with Crippen LogP contribution >= 0.6 is 11.6 Å². The Morgan fingerprint density at radius 2 is 1.30 bits per heavy atom. The SMILES string of the molecule is CCN=CC(=CN)Nc1nccc(-c2ccc(CNC(=O)N3CC(OC(C)(C)C)C3)c(C)c2)n1.CCn1cc(N)cn1.Cc1cc(-c2ccnc(Cl)n2)ccc1CNC(=O)N1CC(OC(C)(C)C)C1. The van der Waals surface area contributed by atoms with Crippen molar-refractivity contribution in [3.63, 3.8) is 0 Å². The number of allylic oxidation sites excluding steroid dienone is 1. The standard InChI is InChI=1S/C25H35N7O2.C20H25ClN4O2.C5H9N3/c1-6-27-14-20(12-26)30-23-28-10-9-22(31-23)18-7-8-19(17(2)11-18)13-29-24(33)32-15-21(16-32)34-25(3,4)5;1-13-9-14(17-7-8-22-18(21)24-17)5-6-15(13)10-23-19(26)25-11-16(12-25)27-20(2,3)4;1-2-8-4-5(6)3-7-8/h7-12,14,21H,6,13,15-16,26H2,1-5H3,(H,29,33)(H,28,30,31);5-9,16H,10-12H2,1-4H3,(H,23,26);3-4H,2,6H2,1H3. The van der Waals surface area contributed by atoms with Crippen molar-refractivity contribution in [1.29, 1.82) is 0 Å². The highest BCUT2D eigenvalue weighted by Crippen LogP contribution is 2.25. The minimum absolute atomic E-state index is 0.0604. The van der Waals surface area contributed by atoms with Crippen LogP contribution in [0, 0.1) is 13.8 Å². The van der Waals surface area contributed by atoms with Crippen molar-refractivity contribution in [3.05, 3.63) is 113 Å². The minimum Gasteiger partial charge on any atom is -0.403 e. The molecule has 0 atom stereocenters. The van der Waals surface area contributed by atoms with Crippen LogP contribution in [0.5, 0.6) is 0 Å². The lowest BCUT2D eigenvalue weighted by Gasteiger charge is -2.41. The lowest BCUT2D eigenvalue weighted by atomic mass is 10.0. The molecule has 7 N–H and O–H groups in total. The second-order valence-corrected chi connectivity index (χ2v) is 18.9. The lowest BCUT2D eigenvalue weighted by Crippen LogP contribution is -2.59. The third-order valence-electron chi connectivity index (χ3n) is 10.6. The summed E-state index contributed by atoms with van der Waals surface area (Å²) >= 11 is 5.86. The molecule has 2 aromatic carbocycles. The van der Waals surface area contributed by atoms with Gasteiger partial charge in [0.25, 0.3) is 0 Å². The number of hydrogen-bond donors (Lipinski definition) is 5. The van der Waals surface area contributed by atoms with E-state index in [1.165, 1.54) is 6.20 Å². The predicted molar refractivity (Wildman–Crippen MR) is 274 cm³/mol. The molecule has 0 unspecified atom stereocenters. The Hall–Kier alpha value is -6.63. The molecule has 2 aliphatic rings. The van der Waals surface area contributed by atoms with Gasteiger partial charge in [0.05, 0.1) is 78.6 Å². The van der Waals surface area contributed by atoms with Crippen molar-refractivity contribution < 1.29 is 19.1 Å². The Morgan fingerprint density at radius 3 is 1.71 bits per heavy atom. The number of benzene rings is 2. The van der Waals surface area contributed by atoms with Gasteiger partial charge in [-0.05, 0) is 127 Å². The van der Waals surface area contributed by atoms with Gasteiger partial charge in [0, 0.05) is 68.3 Å². The molecular weight excluding hydrogens is 896 g/mol. The van der Waals surface area contributed by atoms with Crippen LogP contribution in [0.25, 0.3) is 22.5 Å². The summed E-state index contributed by atoms with van der Waals surface area (Å²) in [6.45, 7) is 25.2. The molecule has 7 rings (SSSR count). The normalized spacial score (nSPS) is 14.2. The summed E-state index contributed by atoms with van der Waals surface area (Å²) in [5.41, 5.74) is 19.8. The number of nitrogen functional groups attached to an aromatic ring is 1. The van der Waals surface area contributed by atoms with E-state index in [0.717, 1.165) is 57.0 Å². The van der Waals surface area contributed by atoms with E-state index in [1.807, 2.05) is 112 Å². The smallest absolute Gasteiger partial charge is 0.317 e. The van der Waals surface area contributed by atoms with Crippen LogP contribution in [0.3, 0.4) is 0 Å². The Morgan fingerprint density at radius 1 is 0.797 bits per heavy atom. The summed E-state index contributed by atoms with van der Waals surface area (Å²) in [7, 11) is 0. The van der Waals surface area contributed by atoms with Gasteiger partial charge in [-0.15, -0.1) is 0 Å². The van der Waals surface area contributed by atoms with Crippen LogP contribution in [-0.4, -0.2) is 114 Å². The molecule has 69 heavy (non-hydrogen) atoms. The largest absolute Gasteiger partial charge is 0.403 e. The number of aliphatic imine (C=N–C) groups is 1. The van der Waals surface area contributed by atoms with Crippen molar-refractivity contribution in [1.82, 2.24) is 50.1 Å². The van der Waals surface area contributed by atoms with Crippen LogP contribution in [-0.2, 0) is 29.1 Å². The Labute approximate surface area is 411 Å². The van der Waals surface area contributed by atoms with Gasteiger partial charge in [-0.25, -0.2) is 29.5 Å². The fourth-order valence-corrected chi connectivity index (χ4v) is 7.24. The molecule has 0 aliphatic carbocycles. The molecule has 3 aromatic heterocycles. The average Bonchev–Trinajstić information content (AvgIpc) is 3.71. The average molecular weight is 966 g/mol. The van der Waals surface area contributed by atoms with Gasteiger partial charge in [-0.2, -0.15) is 5.10 Å². The summed E-state index contributed by atoms with van der Waals surface area (Å²) < 4.78 is 13.5. The fourth-order valence-electron chi connectivity index (χ4n) is 7.09. The van der Waals surface area contributed by atoms with Crippen LogP contribution < -0.4 is 27.4 Å². The number of aryl methyl sites for hydroxylation is 3. The fraction of sp³-hybridized carbons (Fsp3) is 0.440. The summed E-state index contributed by atoms with van der Waals surface area (Å²) in [6, 6.07) is 15.6. The first-order chi connectivity index (χ1) is 32.7. The first-order valence-corrected chi connectivity index (χ1v) is 23.5. The van der Waals surface area contributed by atoms with Crippen molar-refractivity contribution in [2.24, 2.45) is 10.7 Å². The van der Waals surface area contributed by atoms with E-state index < -0.39 is 0 Å². The van der Waals surface area contributed by atoms with E-state index in [0.29, 0.717) is 57.5 Å². The molecule has 5 heterocycles. The number of nitrogens with zero attached hydrogens (tertiary/aromatic N) is 9. The number of halogens is 1. The molecule has 2 fully saturated rings. The zero-order valence-corrected chi connectivity index (χ0v) is 42.3. The number of rotatable bonds is 13. The van der Waals surface area contributed by atoms with Crippen molar-refractivity contribution >= 4 is 41.5 Å². The van der Waals surface area contributed by atoms with E-state index in [-0.39, 0.29) is 40.8 Å². The monoisotopic (exact) mass is 965 g/mol. The molecule has 19 heteroatoms. The van der Waals surface area contributed by atoms with E-state index in [4.69, 9.17) is 32.5 Å². The molecule has 0 spiro atoms. The highest BCUT2D eigenvalue weighted by atomic mass is 35.5. The number of anilines is 2. The van der Waals surface area contributed by atoms with Crippen LogP contribution in [0.15, 0.2) is 90.2 Å². The maximum Gasteiger partial charge on any atom is 0.317 e. The molecule has 0 bridgehead atoms. The third-order valence-corrected chi connectivity index (χ3v) is 10.7. The second-order valence-electron chi connectivity index (χ2n) is 18.6. The van der Waals surface area contributed by atoms with E-state index >= 15 is 0 Å². The molecular formula is C50H69ClN14O4. The molecule has 2 aliphatic heterocycles. The summed E-state index contributed by atoms with van der Waals surface area (Å²) in [4.78, 5) is 49.4. The Bertz CT molecular complexity index is 2540. The predicted octanol–water partition coefficient (Wildman–Crippen LogP) is 7.76. The van der Waals surface area contributed by atoms with Crippen molar-refractivity contribution in [3.8, 4) is 22.5 Å². The molecule has 2 saturated heterocycles. The summed E-state index contributed by atoms with van der Waals surface area (Å²) in [6.07, 6.45) is 10.1. The topological polar surface area (TPSA) is 229 Å². The number of urea groups is 2. The van der Waals surface area contributed by atoms with Gasteiger partial charge in [0.2, 0.25) is 11.2 Å². The van der Waals surface area contributed by atoms with Crippen LogP contribution in [0.1, 0.15) is 77.6 Å². The van der Waals surface area contributed by atoms with Gasteiger partial charge in [0.15, 0.2) is 0 Å². The number of nitrogens with one attached hydrogen (secondary N) is 3. The van der Waals surface area contributed by atoms with Gasteiger partial charge < -0.3 is 46.7 Å². The molecule has 0 saturated carbocycles. The number of amides is 4. The summed E-state index contributed by atoms with van der Waals surface area (Å²) in [5.74, 6) is 0.439. The molecule has 0 radical (unpaired) electrons. The number of hydrogen-bond acceptors (Lipinski definition) is 13. The minimum atomic E-state index is -0.195. The number of ether oxygens (including phenoxy) is 2. The maximum absolute atomic E-state index is 12.4. The van der Waals surface area contributed by atoms with Crippen LogP contribution in [0.2, 0.25) is 5.28 Å². The number of aromatic nitrogens is 6. The van der Waals surface area contributed by atoms with E-state index in [2.05, 4.69) is 52.0 Å². The molecule has 370 valence electrons. The Kier molecular flexibility index (Phi) is 19.0. The quantitative estimate of drug-likeness (QED) is 0.0563. The molecule has 5 aromatic rings. The second kappa shape index (κ2) is 24.6. The number of carbonyl (C=O) groups is 2. The first kappa shape index (κ1) is 53.3. The van der Waals surface area contributed by atoms with E-state index in [1.54, 1.807) is 45.5 Å². The number of likely N-dealkylation sites (tertiary alicyclic amines) is 2. The zero-order valence-electron chi connectivity index (χ0n) is 41.6. The summed E-state index contributed by atoms with van der Waals surface area (Å²) in [5, 5.41) is 13.2. The van der Waals surface area contributed by atoms with Crippen LogP contribution in [0.4, 0.5) is 21.2 Å². The number of carbonyl (C=O) groups excluding carboxylic acids is 2. The zero-order chi connectivity index (χ0) is 50.3.